The number of carbonyl (C=O) groups excluding carboxylic acids is 1. The Kier molecular flexibility index (Phi) is 5.13. The maximum Gasteiger partial charge on any atom is 0.321 e. The van der Waals surface area contributed by atoms with E-state index in [9.17, 15) is 4.79 Å². The van der Waals surface area contributed by atoms with Crippen molar-refractivity contribution in [2.75, 3.05) is 44.8 Å². The van der Waals surface area contributed by atoms with Crippen LogP contribution in [0, 0.1) is 12.3 Å². The Morgan fingerprint density at radius 2 is 2.07 bits per heavy atom. The molecule has 2 aromatic rings. The normalized spacial score (nSPS) is 19.7. The lowest BCUT2D eigenvalue weighted by molar-refractivity contribution is -0.0292. The van der Waals surface area contributed by atoms with Crippen molar-refractivity contribution in [3.8, 4) is 11.5 Å². The van der Waals surface area contributed by atoms with Gasteiger partial charge in [0.1, 0.15) is 6.26 Å². The van der Waals surface area contributed by atoms with Crippen LogP contribution in [0.1, 0.15) is 18.4 Å². The fraction of sp³-hybridized carbons (Fsp3) is 0.500. The van der Waals surface area contributed by atoms with E-state index >= 15 is 0 Å². The van der Waals surface area contributed by atoms with E-state index in [-0.39, 0.29) is 11.4 Å². The summed E-state index contributed by atoms with van der Waals surface area (Å²) in [5.41, 5.74) is 2.64. The van der Waals surface area contributed by atoms with E-state index in [1.54, 1.807) is 12.5 Å². The minimum atomic E-state index is -0.103. The highest BCUT2D eigenvalue weighted by molar-refractivity contribution is 5.90. The largest absolute Gasteiger partial charge is 0.445 e. The number of benzene rings is 1. The Bertz CT molecular complexity index is 785. The summed E-state index contributed by atoms with van der Waals surface area (Å²) in [4.78, 5) is 19.0. The molecule has 0 aliphatic carbocycles. The lowest BCUT2D eigenvalue weighted by atomic mass is 9.80. The molecule has 1 spiro atoms. The molecular weight excluding hydrogens is 346 g/mol. The second-order valence-electron chi connectivity index (χ2n) is 7.38. The summed E-state index contributed by atoms with van der Waals surface area (Å²) in [5.74, 6) is 0.549. The van der Waals surface area contributed by atoms with Crippen LogP contribution in [0.4, 0.5) is 10.5 Å². The number of aryl methyl sites for hydroxylation is 1. The Morgan fingerprint density at radius 3 is 2.85 bits per heavy atom. The number of nitrogens with one attached hydrogen (secondary N) is 1. The average molecular weight is 371 g/mol. The topological polar surface area (TPSA) is 76.8 Å². The summed E-state index contributed by atoms with van der Waals surface area (Å²) in [6, 6.07) is 5.66. The van der Waals surface area contributed by atoms with Crippen LogP contribution in [0.5, 0.6) is 0 Å². The molecule has 2 fully saturated rings. The zero-order chi connectivity index (χ0) is 18.7. The molecule has 2 aliphatic heterocycles. The number of hydrogen-bond acceptors (Lipinski definition) is 5. The van der Waals surface area contributed by atoms with E-state index in [1.807, 2.05) is 30.0 Å². The summed E-state index contributed by atoms with van der Waals surface area (Å²) in [6.45, 7) is 6.00. The summed E-state index contributed by atoms with van der Waals surface area (Å²) in [6.07, 6.45) is 5.01. The lowest BCUT2D eigenvalue weighted by Gasteiger charge is -2.38. The highest BCUT2D eigenvalue weighted by atomic mass is 16.5. The lowest BCUT2D eigenvalue weighted by Crippen LogP contribution is -2.46. The van der Waals surface area contributed by atoms with Gasteiger partial charge in [0.05, 0.1) is 19.4 Å². The molecule has 7 heteroatoms. The molecule has 3 heterocycles. The number of rotatable bonds is 2. The second kappa shape index (κ2) is 7.70. The van der Waals surface area contributed by atoms with Gasteiger partial charge in [-0.25, -0.2) is 9.78 Å². The zero-order valence-corrected chi connectivity index (χ0v) is 15.6. The monoisotopic (exact) mass is 371 g/mol. The van der Waals surface area contributed by atoms with Gasteiger partial charge in [0.25, 0.3) is 0 Å². The minimum Gasteiger partial charge on any atom is -0.445 e. The van der Waals surface area contributed by atoms with Crippen LogP contribution in [-0.4, -0.2) is 55.4 Å². The first-order chi connectivity index (χ1) is 13.2. The van der Waals surface area contributed by atoms with Crippen molar-refractivity contribution in [1.29, 1.82) is 0 Å². The van der Waals surface area contributed by atoms with Crippen molar-refractivity contribution in [1.82, 2.24) is 9.88 Å². The first-order valence-corrected chi connectivity index (χ1v) is 9.37. The van der Waals surface area contributed by atoms with Gasteiger partial charge in [-0.15, -0.1) is 0 Å². The molecule has 0 saturated carbocycles. The van der Waals surface area contributed by atoms with Gasteiger partial charge in [0.15, 0.2) is 0 Å². The van der Waals surface area contributed by atoms with Crippen molar-refractivity contribution in [2.24, 2.45) is 5.41 Å². The third-order valence-electron chi connectivity index (χ3n) is 5.43. The van der Waals surface area contributed by atoms with Gasteiger partial charge in [-0.1, -0.05) is 6.07 Å². The molecule has 144 valence electrons. The van der Waals surface area contributed by atoms with E-state index in [0.29, 0.717) is 32.2 Å². The maximum absolute atomic E-state index is 12.9. The van der Waals surface area contributed by atoms with Crippen LogP contribution in [0.15, 0.2) is 35.1 Å². The molecule has 2 amide bonds. The summed E-state index contributed by atoms with van der Waals surface area (Å²) in [5, 5.41) is 3.02. The number of anilines is 1. The van der Waals surface area contributed by atoms with E-state index in [1.165, 1.54) is 0 Å². The third kappa shape index (κ3) is 3.99. The fourth-order valence-corrected chi connectivity index (χ4v) is 3.76. The highest BCUT2D eigenvalue weighted by Crippen LogP contribution is 2.33. The summed E-state index contributed by atoms with van der Waals surface area (Å²) < 4.78 is 16.7. The number of amides is 2. The fourth-order valence-electron chi connectivity index (χ4n) is 3.76. The maximum atomic E-state index is 12.9. The molecule has 0 unspecified atom stereocenters. The van der Waals surface area contributed by atoms with Gasteiger partial charge in [0, 0.05) is 43.0 Å². The van der Waals surface area contributed by atoms with Gasteiger partial charge in [-0.05, 0) is 37.5 Å². The average Bonchev–Trinajstić information content (AvgIpc) is 3.13. The third-order valence-corrected chi connectivity index (χ3v) is 5.43. The smallest absolute Gasteiger partial charge is 0.321 e. The predicted octanol–water partition coefficient (Wildman–Crippen LogP) is 3.31. The van der Waals surface area contributed by atoms with Crippen LogP contribution < -0.4 is 5.32 Å². The molecule has 27 heavy (non-hydrogen) atoms. The molecule has 0 bridgehead atoms. The number of nitrogens with zero attached hydrogens (tertiary/aromatic N) is 2. The zero-order valence-electron chi connectivity index (χ0n) is 15.6. The number of aromatic nitrogens is 1. The van der Waals surface area contributed by atoms with Crippen molar-refractivity contribution >= 4 is 11.7 Å². The first kappa shape index (κ1) is 18.0. The van der Waals surface area contributed by atoms with Crippen LogP contribution in [-0.2, 0) is 9.47 Å². The highest BCUT2D eigenvalue weighted by Gasteiger charge is 2.38. The van der Waals surface area contributed by atoms with Crippen molar-refractivity contribution in [2.45, 2.75) is 19.8 Å². The molecule has 4 rings (SSSR count). The van der Waals surface area contributed by atoms with Crippen LogP contribution in [0.25, 0.3) is 11.5 Å². The number of carbonyl (C=O) groups is 1. The van der Waals surface area contributed by atoms with Gasteiger partial charge in [0.2, 0.25) is 5.89 Å². The second-order valence-corrected chi connectivity index (χ2v) is 7.38. The van der Waals surface area contributed by atoms with Crippen LogP contribution >= 0.6 is 0 Å². The van der Waals surface area contributed by atoms with Gasteiger partial charge in [-0.3, -0.25) is 0 Å². The minimum absolute atomic E-state index is 0.00259. The summed E-state index contributed by atoms with van der Waals surface area (Å²) in [7, 11) is 0. The van der Waals surface area contributed by atoms with E-state index in [0.717, 1.165) is 42.9 Å². The molecule has 2 saturated heterocycles. The Labute approximate surface area is 158 Å². The van der Waals surface area contributed by atoms with Crippen molar-refractivity contribution in [3.63, 3.8) is 0 Å². The number of hydrogen-bond donors (Lipinski definition) is 1. The van der Waals surface area contributed by atoms with Crippen LogP contribution in [0.2, 0.25) is 0 Å². The molecule has 7 nitrogen and oxygen atoms in total. The van der Waals surface area contributed by atoms with E-state index in [2.05, 4.69) is 10.3 Å². The Hall–Kier alpha value is -2.38. The van der Waals surface area contributed by atoms with Gasteiger partial charge >= 0.3 is 6.03 Å². The SMILES string of the molecule is Cc1ccc(NC(=O)N2CCOCC3(CCOCC3)C2)cc1-c1ncco1. The molecule has 2 aliphatic rings. The predicted molar refractivity (Wildman–Crippen MR) is 101 cm³/mol. The van der Waals surface area contributed by atoms with Crippen molar-refractivity contribution in [3.05, 3.63) is 36.2 Å². The number of oxazole rings is 1. The first-order valence-electron chi connectivity index (χ1n) is 9.37. The van der Waals surface area contributed by atoms with Crippen molar-refractivity contribution < 1.29 is 18.7 Å². The van der Waals surface area contributed by atoms with Gasteiger partial charge < -0.3 is 24.1 Å². The Morgan fingerprint density at radius 1 is 1.22 bits per heavy atom. The van der Waals surface area contributed by atoms with E-state index in [4.69, 9.17) is 13.9 Å². The molecule has 1 aromatic carbocycles. The molecular formula is C20H25N3O4. The molecule has 0 atom stereocenters. The standard InChI is InChI=1S/C20H25N3O4/c1-15-2-3-16(12-17(15)18-21-6-10-27-18)22-19(24)23-7-11-26-14-20(13-23)4-8-25-9-5-20/h2-3,6,10,12H,4-5,7-9,11,13-14H2,1H3,(H,22,24). The van der Waals surface area contributed by atoms with Gasteiger partial charge in [-0.2, -0.15) is 0 Å². The molecule has 0 radical (unpaired) electrons. The Balaban J connectivity index is 1.49. The molecule has 1 aromatic heterocycles. The summed E-state index contributed by atoms with van der Waals surface area (Å²) >= 11 is 0. The number of ether oxygens (including phenoxy) is 2. The van der Waals surface area contributed by atoms with Crippen LogP contribution in [0.3, 0.4) is 0 Å². The quantitative estimate of drug-likeness (QED) is 0.876. The number of urea groups is 1. The van der Waals surface area contributed by atoms with E-state index < -0.39 is 0 Å². The molecule has 1 N–H and O–H groups in total.